The number of nitrogens with one attached hydrogen (secondary N) is 1. The van der Waals surface area contributed by atoms with Crippen molar-refractivity contribution in [1.29, 1.82) is 0 Å². The zero-order valence-corrected chi connectivity index (χ0v) is 12.6. The highest BCUT2D eigenvalue weighted by Gasteiger charge is 2.33. The van der Waals surface area contributed by atoms with Gasteiger partial charge in [0.25, 0.3) is 5.69 Å². The van der Waals surface area contributed by atoms with Crippen molar-refractivity contribution in [2.45, 2.75) is 26.2 Å². The molecule has 1 fully saturated rings. The van der Waals surface area contributed by atoms with Crippen molar-refractivity contribution in [2.24, 2.45) is 5.41 Å². The number of aliphatic hydroxyl groups excluding tert-OH is 1. The molecule has 0 radical (unpaired) electrons. The molecule has 2 rings (SSSR count). The van der Waals surface area contributed by atoms with E-state index in [-0.39, 0.29) is 23.7 Å². The highest BCUT2D eigenvalue weighted by molar-refractivity contribution is 5.89. The molecule has 1 aromatic rings. The molecular weight excluding hydrogens is 286 g/mol. The summed E-state index contributed by atoms with van der Waals surface area (Å²) in [6, 6.07) is 5.55. The Morgan fingerprint density at radius 3 is 2.41 bits per heavy atom. The number of benzene rings is 1. The van der Waals surface area contributed by atoms with E-state index < -0.39 is 4.92 Å². The van der Waals surface area contributed by atoms with Crippen molar-refractivity contribution in [1.82, 2.24) is 4.90 Å². The van der Waals surface area contributed by atoms with Gasteiger partial charge in [-0.25, -0.2) is 4.79 Å². The second-order valence-electron chi connectivity index (χ2n) is 5.73. The quantitative estimate of drug-likeness (QED) is 0.660. The topological polar surface area (TPSA) is 95.7 Å². The Hall–Kier alpha value is -2.15. The summed E-state index contributed by atoms with van der Waals surface area (Å²) < 4.78 is 0. The van der Waals surface area contributed by atoms with Gasteiger partial charge in [0.05, 0.1) is 4.92 Å². The molecule has 2 N–H and O–H groups in total. The Morgan fingerprint density at radius 2 is 1.95 bits per heavy atom. The van der Waals surface area contributed by atoms with Crippen LogP contribution in [0.4, 0.5) is 16.2 Å². The maximum atomic E-state index is 12.2. The van der Waals surface area contributed by atoms with E-state index in [1.807, 2.05) is 0 Å². The Morgan fingerprint density at radius 1 is 1.36 bits per heavy atom. The summed E-state index contributed by atoms with van der Waals surface area (Å²) in [5, 5.41) is 22.8. The number of anilines is 1. The number of non-ortho nitro benzene ring substituents is 1. The monoisotopic (exact) mass is 307 g/mol. The second-order valence-corrected chi connectivity index (χ2v) is 5.73. The number of nitro groups is 1. The molecule has 22 heavy (non-hydrogen) atoms. The lowest BCUT2D eigenvalue weighted by atomic mass is 9.77. The first-order valence-electron chi connectivity index (χ1n) is 7.41. The predicted molar refractivity (Wildman–Crippen MR) is 82.7 cm³/mol. The SMILES string of the molecule is CCC1(CO)CCN(C(=O)Nc2ccc([N+](=O)[O-])cc2)CC1. The number of hydrogen-bond donors (Lipinski definition) is 2. The molecule has 0 spiro atoms. The van der Waals surface area contributed by atoms with Gasteiger partial charge >= 0.3 is 6.03 Å². The lowest BCUT2D eigenvalue weighted by Gasteiger charge is -2.40. The maximum Gasteiger partial charge on any atom is 0.321 e. The summed E-state index contributed by atoms with van der Waals surface area (Å²) in [4.78, 5) is 24.0. The number of carbonyl (C=O) groups is 1. The van der Waals surface area contributed by atoms with E-state index in [1.165, 1.54) is 24.3 Å². The van der Waals surface area contributed by atoms with E-state index in [4.69, 9.17) is 0 Å². The molecule has 2 amide bonds. The molecule has 0 unspecified atom stereocenters. The summed E-state index contributed by atoms with van der Waals surface area (Å²) in [6.07, 6.45) is 2.47. The zero-order valence-electron chi connectivity index (χ0n) is 12.6. The van der Waals surface area contributed by atoms with Gasteiger partial charge in [-0.05, 0) is 36.8 Å². The Balaban J connectivity index is 1.92. The molecule has 0 aliphatic carbocycles. The van der Waals surface area contributed by atoms with E-state index in [9.17, 15) is 20.0 Å². The van der Waals surface area contributed by atoms with Crippen LogP contribution in [0.15, 0.2) is 24.3 Å². The molecule has 0 saturated carbocycles. The van der Waals surface area contributed by atoms with Gasteiger partial charge in [-0.3, -0.25) is 10.1 Å². The third-order valence-electron chi connectivity index (χ3n) is 4.53. The Kier molecular flexibility index (Phi) is 4.97. The lowest BCUT2D eigenvalue weighted by Crippen LogP contribution is -2.46. The molecule has 7 nitrogen and oxygen atoms in total. The molecular formula is C15H21N3O4. The Labute approximate surface area is 129 Å². The standard InChI is InChI=1S/C15H21N3O4/c1-2-15(11-19)7-9-17(10-8-15)14(20)16-12-3-5-13(6-4-12)18(21)22/h3-6,19H,2,7-11H2,1H3,(H,16,20). The van der Waals surface area contributed by atoms with Gasteiger partial charge in [0, 0.05) is 37.5 Å². The highest BCUT2D eigenvalue weighted by Crippen LogP contribution is 2.34. The van der Waals surface area contributed by atoms with E-state index in [1.54, 1.807) is 4.90 Å². The number of amides is 2. The highest BCUT2D eigenvalue weighted by atomic mass is 16.6. The maximum absolute atomic E-state index is 12.2. The summed E-state index contributed by atoms with van der Waals surface area (Å²) in [6.45, 7) is 3.42. The first kappa shape index (κ1) is 16.2. The average molecular weight is 307 g/mol. The molecule has 1 saturated heterocycles. The number of carbonyl (C=O) groups excluding carboxylic acids is 1. The summed E-state index contributed by atoms with van der Waals surface area (Å²) >= 11 is 0. The molecule has 0 aromatic heterocycles. The number of nitro benzene ring substituents is 1. The minimum Gasteiger partial charge on any atom is -0.396 e. The van der Waals surface area contributed by atoms with Crippen LogP contribution in [0, 0.1) is 15.5 Å². The van der Waals surface area contributed by atoms with Gasteiger partial charge in [0.1, 0.15) is 0 Å². The van der Waals surface area contributed by atoms with Crippen LogP contribution in [0.2, 0.25) is 0 Å². The summed E-state index contributed by atoms with van der Waals surface area (Å²) in [5.41, 5.74) is 0.459. The van der Waals surface area contributed by atoms with Gasteiger partial charge in [0.2, 0.25) is 0 Å². The van der Waals surface area contributed by atoms with Crippen LogP contribution in [0.5, 0.6) is 0 Å². The minimum absolute atomic E-state index is 0.00773. The van der Waals surface area contributed by atoms with Crippen LogP contribution in [0.25, 0.3) is 0 Å². The van der Waals surface area contributed by atoms with E-state index in [2.05, 4.69) is 12.2 Å². The third-order valence-corrected chi connectivity index (χ3v) is 4.53. The third kappa shape index (κ3) is 3.54. The number of likely N-dealkylation sites (tertiary alicyclic amines) is 1. The molecule has 0 atom stereocenters. The number of rotatable bonds is 4. The van der Waals surface area contributed by atoms with Crippen molar-refractivity contribution in [3.05, 3.63) is 34.4 Å². The van der Waals surface area contributed by atoms with E-state index >= 15 is 0 Å². The first-order valence-corrected chi connectivity index (χ1v) is 7.41. The van der Waals surface area contributed by atoms with Gasteiger partial charge in [-0.2, -0.15) is 0 Å². The molecule has 1 aliphatic heterocycles. The van der Waals surface area contributed by atoms with Gasteiger partial charge in [-0.1, -0.05) is 6.92 Å². The van der Waals surface area contributed by atoms with Crippen molar-refractivity contribution < 1.29 is 14.8 Å². The average Bonchev–Trinajstić information content (AvgIpc) is 2.55. The Bertz CT molecular complexity index is 530. The summed E-state index contributed by atoms with van der Waals surface area (Å²) in [7, 11) is 0. The summed E-state index contributed by atoms with van der Waals surface area (Å²) in [5.74, 6) is 0. The largest absolute Gasteiger partial charge is 0.396 e. The molecule has 7 heteroatoms. The van der Waals surface area contributed by atoms with E-state index in [0.717, 1.165) is 19.3 Å². The number of hydrogen-bond acceptors (Lipinski definition) is 4. The fourth-order valence-corrected chi connectivity index (χ4v) is 2.68. The van der Waals surface area contributed by atoms with Gasteiger partial charge in [0.15, 0.2) is 0 Å². The van der Waals surface area contributed by atoms with Crippen LogP contribution in [-0.4, -0.2) is 40.7 Å². The lowest BCUT2D eigenvalue weighted by molar-refractivity contribution is -0.384. The van der Waals surface area contributed by atoms with Crippen molar-refractivity contribution in [2.75, 3.05) is 25.0 Å². The predicted octanol–water partition coefficient (Wildman–Crippen LogP) is 2.61. The van der Waals surface area contributed by atoms with Crippen LogP contribution in [0.3, 0.4) is 0 Å². The normalized spacial score (nSPS) is 17.1. The fraction of sp³-hybridized carbons (Fsp3) is 0.533. The minimum atomic E-state index is -0.477. The number of urea groups is 1. The smallest absolute Gasteiger partial charge is 0.321 e. The van der Waals surface area contributed by atoms with E-state index in [0.29, 0.717) is 18.8 Å². The zero-order chi connectivity index (χ0) is 16.2. The molecule has 120 valence electrons. The molecule has 0 bridgehead atoms. The second kappa shape index (κ2) is 6.74. The fourth-order valence-electron chi connectivity index (χ4n) is 2.68. The van der Waals surface area contributed by atoms with Crippen molar-refractivity contribution >= 4 is 17.4 Å². The van der Waals surface area contributed by atoms with Gasteiger partial charge < -0.3 is 15.3 Å². The molecule has 1 aromatic carbocycles. The van der Waals surface area contributed by atoms with Crippen molar-refractivity contribution in [3.63, 3.8) is 0 Å². The first-order chi connectivity index (χ1) is 10.5. The van der Waals surface area contributed by atoms with Crippen molar-refractivity contribution in [3.8, 4) is 0 Å². The number of piperidine rings is 1. The van der Waals surface area contributed by atoms with Gasteiger partial charge in [-0.15, -0.1) is 0 Å². The number of aliphatic hydroxyl groups is 1. The van der Waals surface area contributed by atoms with Crippen LogP contribution >= 0.6 is 0 Å². The van der Waals surface area contributed by atoms with Crippen LogP contribution < -0.4 is 5.32 Å². The molecule has 1 aliphatic rings. The van der Waals surface area contributed by atoms with Crippen LogP contribution in [-0.2, 0) is 0 Å². The van der Waals surface area contributed by atoms with Crippen LogP contribution in [0.1, 0.15) is 26.2 Å². The number of nitrogens with zero attached hydrogens (tertiary/aromatic N) is 2. The molecule has 1 heterocycles.